The number of pyridine rings is 1. The maximum atomic E-state index is 12.9. The molecule has 0 aromatic carbocycles. The molecule has 19 heavy (non-hydrogen) atoms. The number of amides is 1. The average Bonchev–Trinajstić information content (AvgIpc) is 2.76. The molecule has 0 saturated carbocycles. The van der Waals surface area contributed by atoms with Gasteiger partial charge in [-0.3, -0.25) is 4.79 Å². The number of allylic oxidation sites excluding steroid dienone is 1. The van der Waals surface area contributed by atoms with Crippen LogP contribution in [0.2, 0.25) is 0 Å². The number of carbonyl (C=O) groups excluding carboxylic acids is 1. The Balaban J connectivity index is 1.92. The number of carbonyl (C=O) groups is 1. The highest BCUT2D eigenvalue weighted by Crippen LogP contribution is 2.17. The van der Waals surface area contributed by atoms with Crippen LogP contribution in [0.4, 0.5) is 4.39 Å². The quantitative estimate of drug-likeness (QED) is 0.620. The molecule has 4 nitrogen and oxygen atoms in total. The van der Waals surface area contributed by atoms with Crippen LogP contribution in [0, 0.1) is 5.95 Å². The lowest BCUT2D eigenvalue weighted by Gasteiger charge is -2.15. The van der Waals surface area contributed by atoms with Crippen molar-refractivity contribution in [1.82, 2.24) is 9.88 Å². The summed E-state index contributed by atoms with van der Waals surface area (Å²) in [5, 5.41) is 0. The Hall–Kier alpha value is -1.91. The Labute approximate surface area is 111 Å². The van der Waals surface area contributed by atoms with E-state index in [1.165, 1.54) is 6.07 Å². The third-order valence-corrected chi connectivity index (χ3v) is 2.85. The van der Waals surface area contributed by atoms with E-state index >= 15 is 0 Å². The van der Waals surface area contributed by atoms with Crippen LogP contribution < -0.4 is 4.74 Å². The summed E-state index contributed by atoms with van der Waals surface area (Å²) in [5.74, 6) is -0.298. The van der Waals surface area contributed by atoms with Crippen molar-refractivity contribution in [2.24, 2.45) is 0 Å². The van der Waals surface area contributed by atoms with Crippen LogP contribution in [-0.2, 0) is 4.79 Å². The Morgan fingerprint density at radius 2 is 2.32 bits per heavy atom. The van der Waals surface area contributed by atoms with Crippen molar-refractivity contribution in [2.45, 2.75) is 26.4 Å². The zero-order chi connectivity index (χ0) is 13.8. The predicted octanol–water partition coefficient (Wildman–Crippen LogP) is 2.17. The van der Waals surface area contributed by atoms with Crippen molar-refractivity contribution >= 4 is 5.91 Å². The van der Waals surface area contributed by atoms with E-state index in [-0.39, 0.29) is 17.9 Å². The van der Waals surface area contributed by atoms with Gasteiger partial charge in [0, 0.05) is 25.1 Å². The first-order valence-corrected chi connectivity index (χ1v) is 6.27. The Morgan fingerprint density at radius 3 is 3.00 bits per heavy atom. The molecule has 2 rings (SSSR count). The van der Waals surface area contributed by atoms with Gasteiger partial charge in [0.25, 0.3) is 0 Å². The molecule has 1 amide bonds. The summed E-state index contributed by atoms with van der Waals surface area (Å²) in [5.41, 5.74) is 0.973. The van der Waals surface area contributed by atoms with Crippen molar-refractivity contribution in [2.75, 3.05) is 13.1 Å². The van der Waals surface area contributed by atoms with Crippen molar-refractivity contribution < 1.29 is 13.9 Å². The van der Waals surface area contributed by atoms with E-state index in [4.69, 9.17) is 4.74 Å². The molecule has 1 saturated heterocycles. The lowest BCUT2D eigenvalue weighted by Crippen LogP contribution is -2.29. The highest BCUT2D eigenvalue weighted by atomic mass is 19.1. The van der Waals surface area contributed by atoms with E-state index in [0.717, 1.165) is 12.0 Å². The molecule has 1 aromatic rings. The van der Waals surface area contributed by atoms with E-state index in [2.05, 4.69) is 4.98 Å². The molecule has 5 heteroatoms. The van der Waals surface area contributed by atoms with Crippen LogP contribution in [0.3, 0.4) is 0 Å². The molecule has 0 N–H and O–H groups in total. The van der Waals surface area contributed by atoms with Gasteiger partial charge < -0.3 is 9.64 Å². The van der Waals surface area contributed by atoms with Gasteiger partial charge in [0.05, 0.1) is 6.54 Å². The molecule has 0 radical (unpaired) electrons. The minimum Gasteiger partial charge on any atom is -0.472 e. The smallest absolute Gasteiger partial charge is 0.246 e. The molecule has 1 fully saturated rings. The zero-order valence-electron chi connectivity index (χ0n) is 11.1. The fraction of sp³-hybridized carbons (Fsp3) is 0.429. The first-order chi connectivity index (χ1) is 9.04. The number of aromatic nitrogens is 1. The Morgan fingerprint density at radius 1 is 1.53 bits per heavy atom. The number of likely N-dealkylation sites (tertiary alicyclic amines) is 1. The molecular formula is C14H17FN2O2. The van der Waals surface area contributed by atoms with Crippen LogP contribution in [0.1, 0.15) is 20.3 Å². The van der Waals surface area contributed by atoms with Gasteiger partial charge in [0.1, 0.15) is 6.10 Å². The van der Waals surface area contributed by atoms with E-state index in [0.29, 0.717) is 13.1 Å². The topological polar surface area (TPSA) is 42.4 Å². The van der Waals surface area contributed by atoms with Gasteiger partial charge in [-0.1, -0.05) is 11.6 Å². The molecule has 1 aliphatic heterocycles. The Bertz CT molecular complexity index is 498. The van der Waals surface area contributed by atoms with E-state index in [1.807, 2.05) is 13.8 Å². The molecule has 102 valence electrons. The number of hydrogen-bond donors (Lipinski definition) is 0. The lowest BCUT2D eigenvalue weighted by atomic mass is 10.3. The van der Waals surface area contributed by atoms with Gasteiger partial charge in [0.15, 0.2) is 0 Å². The van der Waals surface area contributed by atoms with Crippen LogP contribution in [0.25, 0.3) is 0 Å². The van der Waals surface area contributed by atoms with E-state index in [9.17, 15) is 9.18 Å². The SMILES string of the molecule is CC(C)=CC(=O)N1CCC(Oc2cccc(F)n2)C1. The first kappa shape index (κ1) is 13.5. The second kappa shape index (κ2) is 5.82. The Kier molecular flexibility index (Phi) is 4.14. The maximum absolute atomic E-state index is 12.9. The highest BCUT2D eigenvalue weighted by molar-refractivity contribution is 5.88. The number of nitrogens with zero attached hydrogens (tertiary/aromatic N) is 2. The molecule has 2 heterocycles. The van der Waals surface area contributed by atoms with Gasteiger partial charge in [-0.2, -0.15) is 9.37 Å². The summed E-state index contributed by atoms with van der Waals surface area (Å²) in [6.07, 6.45) is 2.23. The molecule has 1 aliphatic rings. The number of ether oxygens (including phenoxy) is 1. The van der Waals surface area contributed by atoms with Gasteiger partial charge in [-0.15, -0.1) is 0 Å². The van der Waals surface area contributed by atoms with Gasteiger partial charge >= 0.3 is 0 Å². The fourth-order valence-corrected chi connectivity index (χ4v) is 1.99. The average molecular weight is 264 g/mol. The molecule has 0 aliphatic carbocycles. The van der Waals surface area contributed by atoms with Gasteiger partial charge in [0.2, 0.25) is 17.7 Å². The van der Waals surface area contributed by atoms with Crippen LogP contribution in [0.5, 0.6) is 5.88 Å². The van der Waals surface area contributed by atoms with Crippen molar-refractivity contribution in [3.63, 3.8) is 0 Å². The molecule has 1 aromatic heterocycles. The number of halogens is 1. The first-order valence-electron chi connectivity index (χ1n) is 6.27. The van der Waals surface area contributed by atoms with Gasteiger partial charge in [-0.05, 0) is 19.9 Å². The van der Waals surface area contributed by atoms with Crippen LogP contribution in [0.15, 0.2) is 29.8 Å². The van der Waals surface area contributed by atoms with Crippen molar-refractivity contribution in [3.8, 4) is 5.88 Å². The van der Waals surface area contributed by atoms with Crippen LogP contribution >= 0.6 is 0 Å². The molecule has 1 atom stereocenters. The predicted molar refractivity (Wildman–Crippen MR) is 69.2 cm³/mol. The zero-order valence-corrected chi connectivity index (χ0v) is 11.1. The maximum Gasteiger partial charge on any atom is 0.246 e. The second-order valence-corrected chi connectivity index (χ2v) is 4.83. The summed E-state index contributed by atoms with van der Waals surface area (Å²) in [6.45, 7) is 4.95. The van der Waals surface area contributed by atoms with E-state index < -0.39 is 5.95 Å². The summed E-state index contributed by atoms with van der Waals surface area (Å²) < 4.78 is 18.5. The van der Waals surface area contributed by atoms with E-state index in [1.54, 1.807) is 23.1 Å². The van der Waals surface area contributed by atoms with Gasteiger partial charge in [-0.25, -0.2) is 0 Å². The van der Waals surface area contributed by atoms with Crippen LogP contribution in [-0.4, -0.2) is 35.0 Å². The summed E-state index contributed by atoms with van der Waals surface area (Å²) >= 11 is 0. The summed E-state index contributed by atoms with van der Waals surface area (Å²) in [6, 6.07) is 4.44. The molecular weight excluding hydrogens is 247 g/mol. The fourth-order valence-electron chi connectivity index (χ4n) is 1.99. The summed E-state index contributed by atoms with van der Waals surface area (Å²) in [7, 11) is 0. The monoisotopic (exact) mass is 264 g/mol. The lowest BCUT2D eigenvalue weighted by molar-refractivity contribution is -0.125. The number of rotatable bonds is 3. The minimum absolute atomic E-state index is 0.00157. The summed E-state index contributed by atoms with van der Waals surface area (Å²) in [4.78, 5) is 17.2. The molecule has 0 spiro atoms. The van der Waals surface area contributed by atoms with Crippen molar-refractivity contribution in [1.29, 1.82) is 0 Å². The molecule has 0 bridgehead atoms. The standard InChI is InChI=1S/C14H17FN2O2/c1-10(2)8-14(18)17-7-6-11(9-17)19-13-5-3-4-12(15)16-13/h3-5,8,11H,6-7,9H2,1-2H3. The minimum atomic E-state index is -0.562. The normalized spacial score (nSPS) is 18.3. The number of hydrogen-bond acceptors (Lipinski definition) is 3. The highest BCUT2D eigenvalue weighted by Gasteiger charge is 2.26. The molecule has 1 unspecified atom stereocenters. The third kappa shape index (κ3) is 3.77. The third-order valence-electron chi connectivity index (χ3n) is 2.85. The van der Waals surface area contributed by atoms with Crippen molar-refractivity contribution in [3.05, 3.63) is 35.8 Å². The largest absolute Gasteiger partial charge is 0.472 e. The second-order valence-electron chi connectivity index (χ2n) is 4.83.